The number of nitrogens with one attached hydrogen (secondary N) is 3. The highest BCUT2D eigenvalue weighted by Crippen LogP contribution is 2.37. The predicted molar refractivity (Wildman–Crippen MR) is 160 cm³/mol. The van der Waals surface area contributed by atoms with Gasteiger partial charge in [-0.3, -0.25) is 9.59 Å². The molecule has 0 bridgehead atoms. The molecule has 210 valence electrons. The van der Waals surface area contributed by atoms with Crippen LogP contribution in [0.3, 0.4) is 0 Å². The number of tetrazole rings is 1. The summed E-state index contributed by atoms with van der Waals surface area (Å²) in [6.07, 6.45) is 6.07. The van der Waals surface area contributed by atoms with Crippen LogP contribution in [0.2, 0.25) is 10.2 Å². The molecule has 6 rings (SSSR count). The van der Waals surface area contributed by atoms with E-state index in [9.17, 15) is 9.59 Å². The Balaban J connectivity index is 1.30. The van der Waals surface area contributed by atoms with Gasteiger partial charge in [0.2, 0.25) is 11.8 Å². The molecular weight excluding hydrogens is 575 g/mol. The van der Waals surface area contributed by atoms with Crippen LogP contribution < -0.4 is 10.6 Å². The number of carbonyl (C=O) groups is 2. The maximum absolute atomic E-state index is 13.3. The number of imidazole rings is 1. The first kappa shape index (κ1) is 27.4. The zero-order chi connectivity index (χ0) is 29.1. The van der Waals surface area contributed by atoms with Crippen molar-refractivity contribution in [1.82, 2.24) is 35.5 Å². The monoisotopic (exact) mass is 598 g/mol. The van der Waals surface area contributed by atoms with Gasteiger partial charge in [0, 0.05) is 28.6 Å². The Morgan fingerprint density at radius 2 is 1.93 bits per heavy atom. The first-order valence-electron chi connectivity index (χ1n) is 13.2. The zero-order valence-corrected chi connectivity index (χ0v) is 23.6. The molecule has 0 radical (unpaired) electrons. The number of hydrogen-bond acceptors (Lipinski definition) is 6. The van der Waals surface area contributed by atoms with Crippen molar-refractivity contribution in [2.24, 2.45) is 0 Å². The fourth-order valence-electron chi connectivity index (χ4n) is 4.91. The van der Waals surface area contributed by atoms with Crippen LogP contribution >= 0.6 is 23.2 Å². The van der Waals surface area contributed by atoms with E-state index in [0.29, 0.717) is 63.5 Å². The van der Waals surface area contributed by atoms with Gasteiger partial charge in [0.25, 0.3) is 0 Å². The normalized spacial score (nSPS) is 13.5. The van der Waals surface area contributed by atoms with E-state index in [0.717, 1.165) is 11.1 Å². The second kappa shape index (κ2) is 12.0. The zero-order valence-electron chi connectivity index (χ0n) is 22.1. The minimum absolute atomic E-state index is 0.0502. The summed E-state index contributed by atoms with van der Waals surface area (Å²) < 4.78 is 1.49. The van der Waals surface area contributed by atoms with E-state index in [4.69, 9.17) is 28.2 Å². The van der Waals surface area contributed by atoms with Crippen LogP contribution in [0.5, 0.6) is 0 Å². The molecule has 1 unspecified atom stereocenters. The number of amides is 2. The highest BCUT2D eigenvalue weighted by atomic mass is 35.5. The number of benzene rings is 3. The molecule has 12 heteroatoms. The van der Waals surface area contributed by atoms with Crippen molar-refractivity contribution < 1.29 is 9.59 Å². The first-order chi connectivity index (χ1) is 20.4. The molecule has 0 fully saturated rings. The molecule has 1 aliphatic rings. The summed E-state index contributed by atoms with van der Waals surface area (Å²) in [5.74, 6) is 0.0836. The number of para-hydroxylation sites is 1. The molecule has 3 N–H and O–H groups in total. The summed E-state index contributed by atoms with van der Waals surface area (Å²) in [7, 11) is 0. The summed E-state index contributed by atoms with van der Waals surface area (Å²) in [5, 5.41) is 18.1. The van der Waals surface area contributed by atoms with Gasteiger partial charge < -0.3 is 15.6 Å². The van der Waals surface area contributed by atoms with E-state index >= 15 is 0 Å². The number of halogens is 2. The minimum atomic E-state index is -0.539. The van der Waals surface area contributed by atoms with Crippen molar-refractivity contribution in [2.45, 2.75) is 25.3 Å². The number of hydrogen-bond donors (Lipinski definition) is 3. The molecule has 10 nitrogen and oxygen atoms in total. The number of aromatic nitrogens is 6. The van der Waals surface area contributed by atoms with Gasteiger partial charge in [-0.25, -0.2) is 4.98 Å². The second-order valence-corrected chi connectivity index (χ2v) is 10.5. The lowest BCUT2D eigenvalue weighted by molar-refractivity contribution is -0.117. The maximum Gasteiger partial charge on any atom is 0.244 e. The Morgan fingerprint density at radius 3 is 2.74 bits per heavy atom. The molecule has 3 aromatic carbocycles. The van der Waals surface area contributed by atoms with Crippen LogP contribution in [0, 0.1) is 0 Å². The summed E-state index contributed by atoms with van der Waals surface area (Å²) in [6.45, 7) is 0. The van der Waals surface area contributed by atoms with Crippen LogP contribution in [0.25, 0.3) is 23.0 Å². The van der Waals surface area contributed by atoms with Crippen molar-refractivity contribution in [3.8, 4) is 16.9 Å². The third kappa shape index (κ3) is 5.95. The van der Waals surface area contributed by atoms with Crippen molar-refractivity contribution in [3.63, 3.8) is 0 Å². The highest BCUT2D eigenvalue weighted by Gasteiger charge is 2.25. The van der Waals surface area contributed by atoms with Gasteiger partial charge in [-0.1, -0.05) is 71.7 Å². The Hall–Kier alpha value is -4.80. The third-order valence-corrected chi connectivity index (χ3v) is 7.41. The van der Waals surface area contributed by atoms with E-state index in [2.05, 4.69) is 31.1 Å². The average Bonchev–Trinajstić information content (AvgIpc) is 3.66. The van der Waals surface area contributed by atoms with Crippen LogP contribution in [0.1, 0.15) is 35.0 Å². The van der Waals surface area contributed by atoms with E-state index in [1.807, 2.05) is 48.5 Å². The largest absolute Gasteiger partial charge is 0.342 e. The smallest absolute Gasteiger partial charge is 0.244 e. The molecule has 0 saturated heterocycles. The molecule has 5 aromatic rings. The van der Waals surface area contributed by atoms with Crippen LogP contribution in [-0.2, 0) is 22.4 Å². The van der Waals surface area contributed by atoms with Crippen LogP contribution in [0.15, 0.2) is 79.1 Å². The first-order valence-corrected chi connectivity index (χ1v) is 13.9. The van der Waals surface area contributed by atoms with Crippen molar-refractivity contribution in [3.05, 3.63) is 112 Å². The quantitative estimate of drug-likeness (QED) is 0.206. The lowest BCUT2D eigenvalue weighted by Gasteiger charge is -2.19. The Kier molecular flexibility index (Phi) is 7.81. The van der Waals surface area contributed by atoms with Crippen molar-refractivity contribution in [2.75, 3.05) is 5.32 Å². The Morgan fingerprint density at radius 1 is 1.07 bits per heavy atom. The molecule has 1 aliphatic heterocycles. The van der Waals surface area contributed by atoms with Crippen LogP contribution in [0.4, 0.5) is 5.69 Å². The SMILES string of the molecule is O=C(/C=C/c1cc(Cl)ccc1-n1cnnn1)NC(Cc1ccccc1)c1nc(-c2cccc3c2NC(=O)CC3)c(Cl)[nH]1. The number of aromatic amines is 1. The molecular formula is C30H24Cl2N8O2. The number of anilines is 1. The number of fused-ring (bicyclic) bond motifs is 1. The third-order valence-electron chi connectivity index (χ3n) is 6.90. The van der Waals surface area contributed by atoms with Crippen molar-refractivity contribution >= 4 is 46.8 Å². The van der Waals surface area contributed by atoms with Crippen molar-refractivity contribution in [1.29, 1.82) is 0 Å². The fourth-order valence-corrected chi connectivity index (χ4v) is 5.33. The van der Waals surface area contributed by atoms with Gasteiger partial charge in [0.1, 0.15) is 23.0 Å². The molecule has 0 spiro atoms. The van der Waals surface area contributed by atoms with Gasteiger partial charge in [0.05, 0.1) is 17.4 Å². The molecule has 0 aliphatic carbocycles. The van der Waals surface area contributed by atoms with Crippen LogP contribution in [-0.4, -0.2) is 42.0 Å². The van der Waals surface area contributed by atoms with E-state index in [1.165, 1.54) is 17.1 Å². The summed E-state index contributed by atoms with van der Waals surface area (Å²) in [6, 6.07) is 20.2. The predicted octanol–water partition coefficient (Wildman–Crippen LogP) is 5.36. The summed E-state index contributed by atoms with van der Waals surface area (Å²) in [4.78, 5) is 33.4. The fraction of sp³-hybridized carbons (Fsp3) is 0.133. The Labute approximate surface area is 250 Å². The summed E-state index contributed by atoms with van der Waals surface area (Å²) in [5.41, 5.74) is 5.27. The topological polar surface area (TPSA) is 130 Å². The molecule has 42 heavy (non-hydrogen) atoms. The molecule has 0 saturated carbocycles. The lowest BCUT2D eigenvalue weighted by Crippen LogP contribution is -2.29. The number of carbonyl (C=O) groups excluding carboxylic acids is 2. The molecule has 2 amide bonds. The minimum Gasteiger partial charge on any atom is -0.342 e. The number of aryl methyl sites for hydroxylation is 1. The van der Waals surface area contributed by atoms with Gasteiger partial charge in [-0.15, -0.1) is 5.10 Å². The standard InChI is InChI=1S/C30H24Cl2N8O2/c31-21-11-12-24(40-17-33-38-39-40)20(16-21)10-14-25(41)34-23(15-18-5-2-1-3-6-18)30-36-28(29(32)37-30)22-8-4-7-19-9-13-26(42)35-27(19)22/h1-8,10-12,14,16-17,23H,9,13,15H2,(H,34,41)(H,35,42)(H,36,37)/b14-10+. The van der Waals surface area contributed by atoms with E-state index in [-0.39, 0.29) is 11.8 Å². The molecule has 1 atom stereocenters. The molecule has 2 aromatic heterocycles. The number of rotatable bonds is 8. The van der Waals surface area contributed by atoms with Gasteiger partial charge in [0.15, 0.2) is 0 Å². The lowest BCUT2D eigenvalue weighted by atomic mass is 9.98. The Bertz CT molecular complexity index is 1780. The average molecular weight is 599 g/mol. The summed E-state index contributed by atoms with van der Waals surface area (Å²) >= 11 is 12.9. The second-order valence-electron chi connectivity index (χ2n) is 9.71. The van der Waals surface area contributed by atoms with Gasteiger partial charge in [-0.2, -0.15) is 4.68 Å². The van der Waals surface area contributed by atoms with E-state index in [1.54, 1.807) is 24.3 Å². The van der Waals surface area contributed by atoms with Gasteiger partial charge >= 0.3 is 0 Å². The maximum atomic E-state index is 13.3. The number of H-pyrrole nitrogens is 1. The molecule has 3 heterocycles. The highest BCUT2D eigenvalue weighted by molar-refractivity contribution is 6.32. The van der Waals surface area contributed by atoms with E-state index < -0.39 is 6.04 Å². The number of nitrogens with zero attached hydrogens (tertiary/aromatic N) is 5. The van der Waals surface area contributed by atoms with Gasteiger partial charge in [-0.05, 0) is 58.7 Å².